The van der Waals surface area contributed by atoms with E-state index >= 15 is 0 Å². The van der Waals surface area contributed by atoms with E-state index in [1.807, 2.05) is 46.2 Å². The van der Waals surface area contributed by atoms with Crippen LogP contribution in [0.25, 0.3) is 33.6 Å². The summed E-state index contributed by atoms with van der Waals surface area (Å²) in [6.07, 6.45) is 0.0399. The first-order chi connectivity index (χ1) is 22.2. The van der Waals surface area contributed by atoms with Crippen LogP contribution in [0.3, 0.4) is 0 Å². The largest absolute Gasteiger partial charge is 0.480 e. The molecular weight excluding hydrogens is 635 g/mol. The molecule has 6 rings (SSSR count). The summed E-state index contributed by atoms with van der Waals surface area (Å²) < 4.78 is 11.1. The van der Waals surface area contributed by atoms with E-state index in [4.69, 9.17) is 32.7 Å². The highest BCUT2D eigenvalue weighted by molar-refractivity contribution is 6.39. The SMILES string of the molecule is COc1nc(-c2cccc(-c3cccc(-c4cnc(CN5C[C@H](O)[C@@H](O)C5)c(OC)n4)c3Cl)c2Cl)cnc1CN1C[C@H](O)[C@@H](O)C1. The number of ether oxygens (including phenoxy) is 2. The molecule has 242 valence electrons. The first-order valence-corrected chi connectivity index (χ1v) is 15.5. The molecule has 2 saturated heterocycles. The summed E-state index contributed by atoms with van der Waals surface area (Å²) in [6, 6.07) is 11.1. The number of nitrogens with zero attached hydrogens (tertiary/aromatic N) is 6. The Labute approximate surface area is 275 Å². The monoisotopic (exact) mass is 668 g/mol. The summed E-state index contributed by atoms with van der Waals surface area (Å²) in [7, 11) is 3.03. The molecule has 0 bridgehead atoms. The lowest BCUT2D eigenvalue weighted by Crippen LogP contribution is -2.22. The van der Waals surface area contributed by atoms with E-state index in [2.05, 4.69) is 19.9 Å². The molecule has 4 N–H and O–H groups in total. The van der Waals surface area contributed by atoms with Gasteiger partial charge in [0.1, 0.15) is 11.4 Å². The van der Waals surface area contributed by atoms with Crippen LogP contribution in [0.4, 0.5) is 0 Å². The van der Waals surface area contributed by atoms with Gasteiger partial charge in [-0.15, -0.1) is 0 Å². The van der Waals surface area contributed by atoms with Gasteiger partial charge < -0.3 is 29.9 Å². The van der Waals surface area contributed by atoms with E-state index in [1.165, 1.54) is 14.2 Å². The highest BCUT2D eigenvalue weighted by Gasteiger charge is 2.31. The molecule has 2 aliphatic rings. The Morgan fingerprint density at radius 3 is 1.33 bits per heavy atom. The smallest absolute Gasteiger partial charge is 0.237 e. The van der Waals surface area contributed by atoms with Crippen LogP contribution in [0.1, 0.15) is 11.4 Å². The van der Waals surface area contributed by atoms with Crippen molar-refractivity contribution in [3.8, 4) is 45.4 Å². The normalized spacial score (nSPS) is 22.0. The molecule has 0 unspecified atom stereocenters. The summed E-state index contributed by atoms with van der Waals surface area (Å²) in [5, 5.41) is 40.5. The predicted molar refractivity (Wildman–Crippen MR) is 172 cm³/mol. The average Bonchev–Trinajstić information content (AvgIpc) is 3.54. The molecule has 0 aliphatic carbocycles. The molecule has 2 aromatic heterocycles. The van der Waals surface area contributed by atoms with Crippen LogP contribution in [0.15, 0.2) is 48.8 Å². The number of likely N-dealkylation sites (tertiary alicyclic amines) is 2. The number of hydrogen-bond acceptors (Lipinski definition) is 12. The summed E-state index contributed by atoms with van der Waals surface area (Å²) in [5.41, 5.74) is 4.79. The maximum absolute atomic E-state index is 9.90. The van der Waals surface area contributed by atoms with Crippen LogP contribution in [-0.4, -0.2) is 115 Å². The van der Waals surface area contributed by atoms with Gasteiger partial charge in [-0.05, 0) is 0 Å². The third-order valence-corrected chi connectivity index (χ3v) is 9.08. The predicted octanol–water partition coefficient (Wildman–Crippen LogP) is 2.67. The number of β-amino-alcohol motifs (C(OH)–C–C–N with tert-alkyl or cyclic N) is 4. The van der Waals surface area contributed by atoms with Crippen molar-refractivity contribution in [3.05, 3.63) is 70.2 Å². The van der Waals surface area contributed by atoms with Crippen LogP contribution in [0.2, 0.25) is 10.0 Å². The fourth-order valence-corrected chi connectivity index (χ4v) is 6.50. The number of benzene rings is 2. The van der Waals surface area contributed by atoms with Crippen LogP contribution in [-0.2, 0) is 13.1 Å². The maximum atomic E-state index is 9.90. The summed E-state index contributed by atoms with van der Waals surface area (Å²) in [6.45, 7) is 2.05. The van der Waals surface area contributed by atoms with E-state index in [9.17, 15) is 20.4 Å². The third-order valence-electron chi connectivity index (χ3n) is 8.27. The van der Waals surface area contributed by atoms with Crippen molar-refractivity contribution in [2.75, 3.05) is 40.4 Å². The second-order valence-corrected chi connectivity index (χ2v) is 12.2. The number of halogens is 2. The molecule has 12 nitrogen and oxygen atoms in total. The van der Waals surface area contributed by atoms with E-state index in [-0.39, 0.29) is 0 Å². The lowest BCUT2D eigenvalue weighted by atomic mass is 9.98. The fraction of sp³-hybridized carbons (Fsp3) is 0.375. The molecule has 4 heterocycles. The molecule has 2 fully saturated rings. The Bertz CT molecular complexity index is 1590. The number of rotatable bonds is 9. The third kappa shape index (κ3) is 6.53. The summed E-state index contributed by atoms with van der Waals surface area (Å²) in [5.74, 6) is 0.644. The minimum absolute atomic E-state index is 0.322. The van der Waals surface area contributed by atoms with E-state index in [0.717, 1.165) is 0 Å². The van der Waals surface area contributed by atoms with E-state index < -0.39 is 24.4 Å². The number of aliphatic hydroxyl groups is 4. The Balaban J connectivity index is 1.28. The van der Waals surface area contributed by atoms with Crippen molar-refractivity contribution in [2.45, 2.75) is 37.5 Å². The standard InChI is InChI=1S/C32H34Cl2N6O6/c1-45-31-23(11-39-13-25(41)26(42)14-39)35-9-21(37-31)19-7-3-5-17(29(19)33)18-6-4-8-20(30(18)34)22-10-36-24(32(38-22)46-2)12-40-15-27(43)28(44)16-40/h3-10,25-28,41-44H,11-16H2,1-2H3/t25-,26-,27-,28-/m0/s1. The van der Waals surface area contributed by atoms with Gasteiger partial charge in [-0.1, -0.05) is 59.6 Å². The molecule has 4 aromatic rings. The second kappa shape index (κ2) is 13.7. The Morgan fingerprint density at radius 2 is 0.978 bits per heavy atom. The molecule has 14 heteroatoms. The van der Waals surface area contributed by atoms with Crippen LogP contribution >= 0.6 is 23.2 Å². The minimum Gasteiger partial charge on any atom is -0.480 e. The van der Waals surface area contributed by atoms with Crippen LogP contribution in [0, 0.1) is 0 Å². The van der Waals surface area contributed by atoms with Gasteiger partial charge in [0.25, 0.3) is 0 Å². The molecular formula is C32H34Cl2N6O6. The van der Waals surface area contributed by atoms with Crippen LogP contribution in [0.5, 0.6) is 11.8 Å². The lowest BCUT2D eigenvalue weighted by Gasteiger charge is -2.17. The molecule has 46 heavy (non-hydrogen) atoms. The van der Waals surface area contributed by atoms with Crippen molar-refractivity contribution < 1.29 is 29.9 Å². The Hall–Kier alpha value is -3.46. The minimum atomic E-state index is -0.801. The van der Waals surface area contributed by atoms with Gasteiger partial charge in [0.05, 0.1) is 72.5 Å². The fourth-order valence-electron chi connectivity index (χ4n) is 5.85. The molecule has 0 spiro atoms. The second-order valence-electron chi connectivity index (χ2n) is 11.4. The van der Waals surface area contributed by atoms with Gasteiger partial charge in [-0.25, -0.2) is 9.97 Å². The van der Waals surface area contributed by atoms with Crippen molar-refractivity contribution in [1.82, 2.24) is 29.7 Å². The van der Waals surface area contributed by atoms with E-state index in [1.54, 1.807) is 12.4 Å². The lowest BCUT2D eigenvalue weighted by molar-refractivity contribution is 0.0572. The summed E-state index contributed by atoms with van der Waals surface area (Å²) >= 11 is 14.0. The van der Waals surface area contributed by atoms with Gasteiger partial charge in [-0.2, -0.15) is 0 Å². The maximum Gasteiger partial charge on any atom is 0.237 e. The number of aliphatic hydroxyl groups excluding tert-OH is 4. The van der Waals surface area contributed by atoms with Crippen molar-refractivity contribution in [3.63, 3.8) is 0 Å². The highest BCUT2D eigenvalue weighted by atomic mass is 35.5. The van der Waals surface area contributed by atoms with Gasteiger partial charge >= 0.3 is 0 Å². The molecule has 0 amide bonds. The molecule has 4 atom stereocenters. The van der Waals surface area contributed by atoms with E-state index in [0.29, 0.717) is 106 Å². The number of hydrogen-bond donors (Lipinski definition) is 4. The van der Waals surface area contributed by atoms with Gasteiger partial charge in [0.2, 0.25) is 11.8 Å². The first kappa shape index (κ1) is 32.5. The van der Waals surface area contributed by atoms with Crippen molar-refractivity contribution in [1.29, 1.82) is 0 Å². The van der Waals surface area contributed by atoms with Crippen LogP contribution < -0.4 is 9.47 Å². The summed E-state index contributed by atoms with van der Waals surface area (Å²) in [4.78, 5) is 22.3. The van der Waals surface area contributed by atoms with Gasteiger partial charge in [-0.3, -0.25) is 19.8 Å². The highest BCUT2D eigenvalue weighted by Crippen LogP contribution is 2.42. The zero-order chi connectivity index (χ0) is 32.5. The first-order valence-electron chi connectivity index (χ1n) is 14.7. The molecule has 0 saturated carbocycles. The average molecular weight is 670 g/mol. The molecule has 2 aliphatic heterocycles. The number of methoxy groups -OCH3 is 2. The Kier molecular flexibility index (Phi) is 9.69. The van der Waals surface area contributed by atoms with Crippen molar-refractivity contribution in [2.24, 2.45) is 0 Å². The zero-order valence-corrected chi connectivity index (χ0v) is 26.7. The van der Waals surface area contributed by atoms with Crippen molar-refractivity contribution >= 4 is 23.2 Å². The number of aromatic nitrogens is 4. The van der Waals surface area contributed by atoms with Gasteiger partial charge in [0.15, 0.2) is 0 Å². The molecule has 0 radical (unpaired) electrons. The molecule has 2 aromatic carbocycles. The topological polar surface area (TPSA) is 157 Å². The van der Waals surface area contributed by atoms with Gasteiger partial charge in [0, 0.05) is 61.5 Å². The zero-order valence-electron chi connectivity index (χ0n) is 25.2. The Morgan fingerprint density at radius 1 is 0.630 bits per heavy atom. The quantitative estimate of drug-likeness (QED) is 0.207.